The predicted octanol–water partition coefficient (Wildman–Crippen LogP) is 4.09. The van der Waals surface area contributed by atoms with Crippen LogP contribution in [-0.4, -0.2) is 11.9 Å². The van der Waals surface area contributed by atoms with E-state index in [1.165, 1.54) is 6.08 Å². The van der Waals surface area contributed by atoms with Crippen LogP contribution in [0.5, 0.6) is 0 Å². The molecule has 1 aromatic carbocycles. The van der Waals surface area contributed by atoms with Crippen molar-refractivity contribution in [1.29, 1.82) is 0 Å². The number of hydrogen-bond donors (Lipinski definition) is 1. The Bertz CT molecular complexity index is 479. The zero-order valence-electron chi connectivity index (χ0n) is 10.3. The van der Waals surface area contributed by atoms with Crippen molar-refractivity contribution in [2.45, 2.75) is 19.9 Å². The van der Waals surface area contributed by atoms with E-state index in [2.05, 4.69) is 5.32 Å². The fraction of sp³-hybridized carbons (Fsp3) is 0.214. The van der Waals surface area contributed by atoms with Gasteiger partial charge in [0.05, 0.1) is 10.0 Å². The van der Waals surface area contributed by atoms with E-state index in [1.54, 1.807) is 24.3 Å². The Morgan fingerprint density at radius 3 is 2.56 bits per heavy atom. The van der Waals surface area contributed by atoms with Crippen molar-refractivity contribution in [2.24, 2.45) is 0 Å². The van der Waals surface area contributed by atoms with E-state index in [0.29, 0.717) is 10.0 Å². The highest BCUT2D eigenvalue weighted by atomic mass is 35.5. The predicted molar refractivity (Wildman–Crippen MR) is 77.9 cm³/mol. The summed E-state index contributed by atoms with van der Waals surface area (Å²) >= 11 is 11.7. The summed E-state index contributed by atoms with van der Waals surface area (Å²) < 4.78 is 0. The summed E-state index contributed by atoms with van der Waals surface area (Å²) in [6, 6.07) is 5.50. The van der Waals surface area contributed by atoms with Crippen molar-refractivity contribution < 1.29 is 4.79 Å². The second-order valence-corrected chi connectivity index (χ2v) is 4.87. The van der Waals surface area contributed by atoms with Crippen LogP contribution in [0.2, 0.25) is 10.0 Å². The molecular weight excluding hydrogens is 269 g/mol. The molecule has 18 heavy (non-hydrogen) atoms. The monoisotopic (exact) mass is 283 g/mol. The molecule has 1 aromatic rings. The Labute approximate surface area is 117 Å². The molecule has 0 saturated heterocycles. The van der Waals surface area contributed by atoms with Gasteiger partial charge in [0.15, 0.2) is 0 Å². The lowest BCUT2D eigenvalue weighted by atomic mass is 10.2. The standard InChI is InChI=1S/C14H15Cl2NO/c1-10(2)17-14(18)6-4-3-5-11-7-8-12(15)13(16)9-11/h3-10H,1-2H3,(H,17,18)/b5-3+,6-4+. The lowest BCUT2D eigenvalue weighted by Crippen LogP contribution is -2.28. The molecule has 0 aliphatic rings. The van der Waals surface area contributed by atoms with Crippen LogP contribution in [-0.2, 0) is 4.79 Å². The topological polar surface area (TPSA) is 29.1 Å². The third-order valence-corrected chi connectivity index (χ3v) is 2.76. The summed E-state index contributed by atoms with van der Waals surface area (Å²) in [5, 5.41) is 3.80. The van der Waals surface area contributed by atoms with Crippen molar-refractivity contribution in [3.8, 4) is 0 Å². The van der Waals surface area contributed by atoms with Crippen LogP contribution >= 0.6 is 23.2 Å². The lowest BCUT2D eigenvalue weighted by molar-refractivity contribution is -0.116. The third kappa shape index (κ3) is 5.39. The van der Waals surface area contributed by atoms with E-state index < -0.39 is 0 Å². The minimum Gasteiger partial charge on any atom is -0.350 e. The van der Waals surface area contributed by atoms with Gasteiger partial charge in [0, 0.05) is 12.1 Å². The maximum absolute atomic E-state index is 11.3. The summed E-state index contributed by atoms with van der Waals surface area (Å²) in [5.74, 6) is -0.108. The van der Waals surface area contributed by atoms with Crippen molar-refractivity contribution >= 4 is 35.2 Å². The van der Waals surface area contributed by atoms with E-state index in [9.17, 15) is 4.79 Å². The van der Waals surface area contributed by atoms with Crippen LogP contribution in [0.4, 0.5) is 0 Å². The van der Waals surface area contributed by atoms with Crippen molar-refractivity contribution in [3.63, 3.8) is 0 Å². The molecule has 0 aromatic heterocycles. The highest BCUT2D eigenvalue weighted by Crippen LogP contribution is 2.23. The zero-order valence-corrected chi connectivity index (χ0v) is 11.8. The highest BCUT2D eigenvalue weighted by molar-refractivity contribution is 6.42. The van der Waals surface area contributed by atoms with Crippen molar-refractivity contribution in [1.82, 2.24) is 5.32 Å². The molecule has 0 aliphatic heterocycles. The first kappa shape index (κ1) is 14.8. The molecule has 0 atom stereocenters. The molecule has 1 rings (SSSR count). The molecule has 2 nitrogen and oxygen atoms in total. The minimum absolute atomic E-state index is 0.108. The number of nitrogens with one attached hydrogen (secondary N) is 1. The number of rotatable bonds is 4. The SMILES string of the molecule is CC(C)NC(=O)/C=C/C=C/c1ccc(Cl)c(Cl)c1. The largest absolute Gasteiger partial charge is 0.350 e. The quantitative estimate of drug-likeness (QED) is 0.655. The number of allylic oxidation sites excluding steroid dienone is 2. The first-order chi connectivity index (χ1) is 8.49. The molecule has 1 amide bonds. The molecule has 0 bridgehead atoms. The van der Waals surface area contributed by atoms with Gasteiger partial charge in [-0.3, -0.25) is 4.79 Å². The second-order valence-electron chi connectivity index (χ2n) is 4.06. The average molecular weight is 284 g/mol. The maximum atomic E-state index is 11.3. The Hall–Kier alpha value is -1.25. The average Bonchev–Trinajstić information content (AvgIpc) is 2.28. The Kier molecular flexibility index (Phi) is 5.96. The zero-order chi connectivity index (χ0) is 13.5. The van der Waals surface area contributed by atoms with Gasteiger partial charge in [-0.05, 0) is 31.5 Å². The molecule has 0 unspecified atom stereocenters. The second kappa shape index (κ2) is 7.24. The molecule has 0 aliphatic carbocycles. The van der Waals surface area contributed by atoms with E-state index in [0.717, 1.165) is 5.56 Å². The Balaban J connectivity index is 2.57. The van der Waals surface area contributed by atoms with Crippen LogP contribution in [0.1, 0.15) is 19.4 Å². The normalized spacial score (nSPS) is 11.6. The first-order valence-electron chi connectivity index (χ1n) is 5.59. The third-order valence-electron chi connectivity index (χ3n) is 2.02. The van der Waals surface area contributed by atoms with Crippen molar-refractivity contribution in [2.75, 3.05) is 0 Å². The van der Waals surface area contributed by atoms with Gasteiger partial charge in [-0.1, -0.05) is 47.5 Å². The summed E-state index contributed by atoms with van der Waals surface area (Å²) in [4.78, 5) is 11.3. The van der Waals surface area contributed by atoms with Gasteiger partial charge < -0.3 is 5.32 Å². The van der Waals surface area contributed by atoms with Crippen LogP contribution in [0.3, 0.4) is 0 Å². The van der Waals surface area contributed by atoms with Gasteiger partial charge in [0.2, 0.25) is 5.91 Å². The van der Waals surface area contributed by atoms with Crippen molar-refractivity contribution in [3.05, 3.63) is 52.0 Å². The summed E-state index contributed by atoms with van der Waals surface area (Å²) in [6.07, 6.45) is 6.79. The number of amides is 1. The first-order valence-corrected chi connectivity index (χ1v) is 6.35. The van der Waals surface area contributed by atoms with E-state index in [1.807, 2.05) is 26.0 Å². The van der Waals surface area contributed by atoms with Crippen LogP contribution in [0.15, 0.2) is 36.4 Å². The molecule has 96 valence electrons. The molecular formula is C14H15Cl2NO. The van der Waals surface area contributed by atoms with Crippen LogP contribution < -0.4 is 5.32 Å². The molecule has 0 fully saturated rings. The van der Waals surface area contributed by atoms with Gasteiger partial charge in [-0.2, -0.15) is 0 Å². The molecule has 0 saturated carbocycles. The Morgan fingerprint density at radius 1 is 1.22 bits per heavy atom. The summed E-state index contributed by atoms with van der Waals surface area (Å²) in [5.41, 5.74) is 0.929. The number of carbonyl (C=O) groups is 1. The molecule has 0 radical (unpaired) electrons. The lowest BCUT2D eigenvalue weighted by Gasteiger charge is -2.03. The van der Waals surface area contributed by atoms with E-state index >= 15 is 0 Å². The van der Waals surface area contributed by atoms with Gasteiger partial charge in [0.1, 0.15) is 0 Å². The molecule has 0 heterocycles. The van der Waals surface area contributed by atoms with Gasteiger partial charge >= 0.3 is 0 Å². The van der Waals surface area contributed by atoms with Gasteiger partial charge in [-0.15, -0.1) is 0 Å². The molecule has 4 heteroatoms. The summed E-state index contributed by atoms with van der Waals surface area (Å²) in [6.45, 7) is 3.83. The minimum atomic E-state index is -0.108. The number of halogens is 2. The molecule has 1 N–H and O–H groups in total. The number of carbonyl (C=O) groups excluding carboxylic acids is 1. The van der Waals surface area contributed by atoms with Gasteiger partial charge in [0.25, 0.3) is 0 Å². The molecule has 0 spiro atoms. The maximum Gasteiger partial charge on any atom is 0.244 e. The van der Waals surface area contributed by atoms with E-state index in [-0.39, 0.29) is 11.9 Å². The fourth-order valence-electron chi connectivity index (χ4n) is 1.26. The fourth-order valence-corrected chi connectivity index (χ4v) is 1.56. The summed E-state index contributed by atoms with van der Waals surface area (Å²) in [7, 11) is 0. The van der Waals surface area contributed by atoms with Crippen LogP contribution in [0.25, 0.3) is 6.08 Å². The number of benzene rings is 1. The van der Waals surface area contributed by atoms with Gasteiger partial charge in [-0.25, -0.2) is 0 Å². The van der Waals surface area contributed by atoms with E-state index in [4.69, 9.17) is 23.2 Å². The number of hydrogen-bond acceptors (Lipinski definition) is 1. The highest BCUT2D eigenvalue weighted by Gasteiger charge is 1.97. The van der Waals surface area contributed by atoms with Crippen LogP contribution in [0, 0.1) is 0 Å². The smallest absolute Gasteiger partial charge is 0.244 e. The Morgan fingerprint density at radius 2 is 1.94 bits per heavy atom.